The van der Waals surface area contributed by atoms with Crippen LogP contribution in [0, 0.1) is 0 Å². The van der Waals surface area contributed by atoms with Gasteiger partial charge in [0.2, 0.25) is 0 Å². The van der Waals surface area contributed by atoms with Gasteiger partial charge in [-0.05, 0) is 54.1 Å². The van der Waals surface area contributed by atoms with Gasteiger partial charge in [-0.2, -0.15) is 0 Å². The van der Waals surface area contributed by atoms with Gasteiger partial charge in [-0.25, -0.2) is 9.97 Å². The molecule has 4 rings (SSSR count). The lowest BCUT2D eigenvalue weighted by Crippen LogP contribution is -2.12. The van der Waals surface area contributed by atoms with Gasteiger partial charge in [-0.3, -0.25) is 4.79 Å². The zero-order valence-electron chi connectivity index (χ0n) is 18.9. The summed E-state index contributed by atoms with van der Waals surface area (Å²) in [7, 11) is 4.71. The summed E-state index contributed by atoms with van der Waals surface area (Å²) < 4.78 is 21.3. The van der Waals surface area contributed by atoms with Crippen LogP contribution < -0.4 is 24.3 Å². The number of hydrogen-bond acceptors (Lipinski definition) is 7. The molecule has 8 nitrogen and oxygen atoms in total. The number of nitrogens with zero attached hydrogens (tertiary/aromatic N) is 2. The van der Waals surface area contributed by atoms with Crippen molar-refractivity contribution in [2.24, 2.45) is 0 Å². The molecule has 0 spiro atoms. The first kappa shape index (κ1) is 22.6. The molecular weight excluding hydrogens is 434 g/mol. The average molecular weight is 457 g/mol. The summed E-state index contributed by atoms with van der Waals surface area (Å²) in [4.78, 5) is 21.2. The van der Waals surface area contributed by atoms with Crippen LogP contribution in [-0.2, 0) is 0 Å². The Hall–Kier alpha value is -4.59. The first-order valence-electron chi connectivity index (χ1n) is 10.4. The van der Waals surface area contributed by atoms with Gasteiger partial charge in [0.1, 0.15) is 23.0 Å². The summed E-state index contributed by atoms with van der Waals surface area (Å²) in [5.74, 6) is 2.25. The number of amides is 1. The van der Waals surface area contributed by atoms with Crippen LogP contribution in [0.1, 0.15) is 10.4 Å². The van der Waals surface area contributed by atoms with E-state index in [1.165, 1.54) is 7.11 Å². The number of nitrogens with one attached hydrogen (secondary N) is 1. The van der Waals surface area contributed by atoms with Gasteiger partial charge in [-0.1, -0.05) is 12.1 Å². The standard InChI is InChI=1S/C26H23N3O5/c1-31-20-8-10-21(11-9-20)34-26-27-15-19(16-28-26)17-4-6-18(7-5-17)25(30)29-23-13-12-22(32-2)14-24(23)33-3/h4-16H,1-3H3,(H,29,30). The minimum Gasteiger partial charge on any atom is -0.497 e. The zero-order valence-corrected chi connectivity index (χ0v) is 18.9. The van der Waals surface area contributed by atoms with E-state index in [4.69, 9.17) is 18.9 Å². The lowest BCUT2D eigenvalue weighted by Gasteiger charge is -2.12. The molecule has 0 atom stereocenters. The van der Waals surface area contributed by atoms with E-state index in [1.54, 1.807) is 81.2 Å². The maximum absolute atomic E-state index is 12.7. The van der Waals surface area contributed by atoms with Crippen molar-refractivity contribution in [1.29, 1.82) is 0 Å². The maximum Gasteiger partial charge on any atom is 0.321 e. The fraction of sp³-hybridized carbons (Fsp3) is 0.115. The Labute approximate surface area is 197 Å². The van der Waals surface area contributed by atoms with E-state index in [2.05, 4.69) is 15.3 Å². The van der Waals surface area contributed by atoms with Gasteiger partial charge < -0.3 is 24.3 Å². The second kappa shape index (κ2) is 10.4. The van der Waals surface area contributed by atoms with Crippen molar-refractivity contribution in [3.8, 4) is 40.1 Å². The van der Waals surface area contributed by atoms with Crippen LogP contribution in [0.4, 0.5) is 5.69 Å². The van der Waals surface area contributed by atoms with Crippen molar-refractivity contribution in [3.05, 3.63) is 84.7 Å². The van der Waals surface area contributed by atoms with Gasteiger partial charge in [0.15, 0.2) is 0 Å². The lowest BCUT2D eigenvalue weighted by molar-refractivity contribution is 0.102. The predicted molar refractivity (Wildman–Crippen MR) is 128 cm³/mol. The van der Waals surface area contributed by atoms with E-state index in [1.807, 2.05) is 12.1 Å². The number of anilines is 1. The summed E-state index contributed by atoms with van der Waals surface area (Å²) in [6.07, 6.45) is 3.34. The molecule has 3 aromatic carbocycles. The average Bonchev–Trinajstić information content (AvgIpc) is 2.90. The van der Waals surface area contributed by atoms with Gasteiger partial charge in [0.25, 0.3) is 5.91 Å². The Morgan fingerprint density at radius 1 is 0.706 bits per heavy atom. The minimum absolute atomic E-state index is 0.235. The number of aromatic nitrogens is 2. The third-order valence-corrected chi connectivity index (χ3v) is 5.03. The number of carbonyl (C=O) groups is 1. The molecule has 0 saturated heterocycles. The molecule has 1 N–H and O–H groups in total. The van der Waals surface area contributed by atoms with Gasteiger partial charge in [0, 0.05) is 29.6 Å². The predicted octanol–water partition coefficient (Wildman–Crippen LogP) is 5.21. The van der Waals surface area contributed by atoms with E-state index >= 15 is 0 Å². The van der Waals surface area contributed by atoms with Crippen LogP contribution in [0.5, 0.6) is 29.0 Å². The summed E-state index contributed by atoms with van der Waals surface area (Å²) in [6.45, 7) is 0. The van der Waals surface area contributed by atoms with Crippen molar-refractivity contribution in [3.63, 3.8) is 0 Å². The Morgan fingerprint density at radius 2 is 1.32 bits per heavy atom. The highest BCUT2D eigenvalue weighted by molar-refractivity contribution is 6.05. The molecule has 1 amide bonds. The maximum atomic E-state index is 12.7. The summed E-state index contributed by atoms with van der Waals surface area (Å²) >= 11 is 0. The second-order valence-electron chi connectivity index (χ2n) is 7.13. The van der Waals surface area contributed by atoms with Crippen LogP contribution in [0.25, 0.3) is 11.1 Å². The van der Waals surface area contributed by atoms with Crippen molar-refractivity contribution in [1.82, 2.24) is 9.97 Å². The number of ether oxygens (including phenoxy) is 4. The molecule has 34 heavy (non-hydrogen) atoms. The van der Waals surface area contributed by atoms with Crippen LogP contribution in [0.15, 0.2) is 79.1 Å². The minimum atomic E-state index is -0.255. The molecule has 0 saturated carbocycles. The van der Waals surface area contributed by atoms with Crippen molar-refractivity contribution < 1.29 is 23.7 Å². The topological polar surface area (TPSA) is 91.8 Å². The largest absolute Gasteiger partial charge is 0.497 e. The van der Waals surface area contributed by atoms with Crippen LogP contribution in [0.3, 0.4) is 0 Å². The van der Waals surface area contributed by atoms with Gasteiger partial charge in [0.05, 0.1) is 27.0 Å². The quantitative estimate of drug-likeness (QED) is 0.388. The fourth-order valence-electron chi connectivity index (χ4n) is 3.18. The zero-order chi connectivity index (χ0) is 23.9. The summed E-state index contributed by atoms with van der Waals surface area (Å²) in [5.41, 5.74) is 2.72. The molecule has 0 aliphatic rings. The van der Waals surface area contributed by atoms with E-state index in [0.717, 1.165) is 16.9 Å². The van der Waals surface area contributed by atoms with Crippen LogP contribution in [0.2, 0.25) is 0 Å². The first-order chi connectivity index (χ1) is 16.6. The molecular formula is C26H23N3O5. The third-order valence-electron chi connectivity index (χ3n) is 5.03. The van der Waals surface area contributed by atoms with Crippen molar-refractivity contribution in [2.75, 3.05) is 26.6 Å². The Kier molecular flexibility index (Phi) is 6.88. The number of methoxy groups -OCH3 is 3. The van der Waals surface area contributed by atoms with Gasteiger partial charge in [-0.15, -0.1) is 0 Å². The normalized spacial score (nSPS) is 10.3. The number of carbonyl (C=O) groups excluding carboxylic acids is 1. The first-order valence-corrected chi connectivity index (χ1v) is 10.4. The highest BCUT2D eigenvalue weighted by atomic mass is 16.5. The summed E-state index contributed by atoms with van der Waals surface area (Å²) in [5, 5.41) is 2.86. The van der Waals surface area contributed by atoms with Crippen molar-refractivity contribution >= 4 is 11.6 Å². The Bertz CT molecular complexity index is 1260. The van der Waals surface area contributed by atoms with Crippen LogP contribution >= 0.6 is 0 Å². The molecule has 0 aliphatic carbocycles. The van der Waals surface area contributed by atoms with E-state index in [0.29, 0.717) is 28.5 Å². The highest BCUT2D eigenvalue weighted by Crippen LogP contribution is 2.30. The number of benzene rings is 3. The number of hydrogen-bond donors (Lipinski definition) is 1. The lowest BCUT2D eigenvalue weighted by atomic mass is 10.1. The Morgan fingerprint density at radius 3 is 1.94 bits per heavy atom. The highest BCUT2D eigenvalue weighted by Gasteiger charge is 2.11. The molecule has 4 aromatic rings. The smallest absolute Gasteiger partial charge is 0.321 e. The van der Waals surface area contributed by atoms with Gasteiger partial charge >= 0.3 is 6.01 Å². The second-order valence-corrected chi connectivity index (χ2v) is 7.13. The Balaban J connectivity index is 1.42. The van der Waals surface area contributed by atoms with E-state index in [-0.39, 0.29) is 11.9 Å². The molecule has 0 aliphatic heterocycles. The molecule has 0 bridgehead atoms. The van der Waals surface area contributed by atoms with Crippen molar-refractivity contribution in [2.45, 2.75) is 0 Å². The van der Waals surface area contributed by atoms with Crippen LogP contribution in [-0.4, -0.2) is 37.2 Å². The molecule has 8 heteroatoms. The summed E-state index contributed by atoms with van der Waals surface area (Å²) in [6, 6.07) is 19.7. The molecule has 0 fully saturated rings. The molecule has 1 aromatic heterocycles. The third kappa shape index (κ3) is 5.24. The molecule has 172 valence electrons. The molecule has 0 unspecified atom stereocenters. The monoisotopic (exact) mass is 457 g/mol. The fourth-order valence-corrected chi connectivity index (χ4v) is 3.18. The molecule has 1 heterocycles. The number of rotatable bonds is 8. The van der Waals surface area contributed by atoms with E-state index < -0.39 is 0 Å². The SMILES string of the molecule is COc1ccc(Oc2ncc(-c3ccc(C(=O)Nc4ccc(OC)cc4OC)cc3)cn2)cc1. The van der Waals surface area contributed by atoms with E-state index in [9.17, 15) is 4.79 Å². The molecule has 0 radical (unpaired) electrons.